The van der Waals surface area contributed by atoms with Crippen LogP contribution < -0.4 is 0 Å². The van der Waals surface area contributed by atoms with Crippen molar-refractivity contribution in [3.8, 4) is 0 Å². The second-order valence-electron chi connectivity index (χ2n) is 2.17. The minimum absolute atomic E-state index is 0.188. The summed E-state index contributed by atoms with van der Waals surface area (Å²) in [5.74, 6) is -1.41. The highest BCUT2D eigenvalue weighted by atomic mass is 79.9. The van der Waals surface area contributed by atoms with Gasteiger partial charge in [0.25, 0.3) is 6.43 Å². The highest BCUT2D eigenvalue weighted by molar-refractivity contribution is 9.10. The number of halogens is 3. The van der Waals surface area contributed by atoms with Crippen LogP contribution in [0.3, 0.4) is 0 Å². The van der Waals surface area contributed by atoms with Crippen molar-refractivity contribution >= 4 is 21.9 Å². The van der Waals surface area contributed by atoms with Gasteiger partial charge in [0.05, 0.1) is 5.56 Å². The van der Waals surface area contributed by atoms with Gasteiger partial charge >= 0.3 is 5.97 Å². The minimum Gasteiger partial charge on any atom is -0.478 e. The molecule has 6 heteroatoms. The zero-order valence-corrected chi connectivity index (χ0v) is 7.75. The van der Waals surface area contributed by atoms with Crippen LogP contribution in [0.5, 0.6) is 0 Å². The molecular weight excluding hydrogens is 248 g/mol. The van der Waals surface area contributed by atoms with E-state index in [1.165, 1.54) is 6.07 Å². The molecule has 3 nitrogen and oxygen atoms in total. The number of carboxylic acids is 1. The molecule has 0 saturated carbocycles. The van der Waals surface area contributed by atoms with Gasteiger partial charge in [-0.25, -0.2) is 18.6 Å². The summed E-state index contributed by atoms with van der Waals surface area (Å²) in [5.41, 5.74) is -1.19. The van der Waals surface area contributed by atoms with Crippen molar-refractivity contribution in [1.29, 1.82) is 0 Å². The Balaban J connectivity index is 3.26. The van der Waals surface area contributed by atoms with Crippen LogP contribution in [0.1, 0.15) is 22.5 Å². The highest BCUT2D eigenvalue weighted by Gasteiger charge is 2.19. The van der Waals surface area contributed by atoms with E-state index in [0.717, 1.165) is 6.07 Å². The van der Waals surface area contributed by atoms with Crippen molar-refractivity contribution in [3.05, 3.63) is 28.0 Å². The summed E-state index contributed by atoms with van der Waals surface area (Å²) in [6.45, 7) is 0. The Labute approximate surface area is 80.5 Å². The number of hydrogen-bond donors (Lipinski definition) is 1. The van der Waals surface area contributed by atoms with Crippen LogP contribution in [0.2, 0.25) is 0 Å². The third-order valence-corrected chi connectivity index (χ3v) is 1.77. The second kappa shape index (κ2) is 3.78. The fourth-order valence-corrected chi connectivity index (χ4v) is 1.12. The summed E-state index contributed by atoms with van der Waals surface area (Å²) in [6, 6.07) is 2.39. The van der Waals surface area contributed by atoms with Gasteiger partial charge in [-0.2, -0.15) is 0 Å². The first-order chi connectivity index (χ1) is 6.02. The highest BCUT2D eigenvalue weighted by Crippen LogP contribution is 2.22. The summed E-state index contributed by atoms with van der Waals surface area (Å²) in [4.78, 5) is 13.8. The maximum atomic E-state index is 12.2. The van der Waals surface area contributed by atoms with Gasteiger partial charge in [0.1, 0.15) is 10.3 Å². The normalized spacial score (nSPS) is 10.5. The van der Waals surface area contributed by atoms with Crippen molar-refractivity contribution in [2.24, 2.45) is 0 Å². The standard InChI is InChI=1S/C7H4BrF2NO2/c8-4-2-1-3(7(12)13)5(11-4)6(9)10/h1-2,6H,(H,12,13). The lowest BCUT2D eigenvalue weighted by Gasteiger charge is -2.03. The molecule has 13 heavy (non-hydrogen) atoms. The number of pyridine rings is 1. The SMILES string of the molecule is O=C(O)c1ccc(Br)nc1C(F)F. The molecule has 0 atom stereocenters. The van der Waals surface area contributed by atoms with Crippen molar-refractivity contribution in [2.45, 2.75) is 6.43 Å². The summed E-state index contributed by atoms with van der Waals surface area (Å²) < 4.78 is 24.6. The molecule has 0 aliphatic carbocycles. The Morgan fingerprint density at radius 1 is 1.54 bits per heavy atom. The molecule has 0 aliphatic rings. The Morgan fingerprint density at radius 2 is 2.15 bits per heavy atom. The zero-order valence-electron chi connectivity index (χ0n) is 6.17. The summed E-state index contributed by atoms with van der Waals surface area (Å²) >= 11 is 2.88. The number of carbonyl (C=O) groups is 1. The van der Waals surface area contributed by atoms with Crippen molar-refractivity contribution in [1.82, 2.24) is 4.98 Å². The minimum atomic E-state index is -2.89. The van der Waals surface area contributed by atoms with Crippen LogP contribution in [-0.4, -0.2) is 16.1 Å². The molecule has 0 saturated heterocycles. The van der Waals surface area contributed by atoms with Crippen LogP contribution in [-0.2, 0) is 0 Å². The average Bonchev–Trinajstić information content (AvgIpc) is 2.03. The van der Waals surface area contributed by atoms with Gasteiger partial charge in [-0.1, -0.05) is 0 Å². The van der Waals surface area contributed by atoms with Crippen LogP contribution in [0.15, 0.2) is 16.7 Å². The molecule has 1 N–H and O–H groups in total. The molecule has 0 radical (unpaired) electrons. The van der Waals surface area contributed by atoms with Gasteiger partial charge in [-0.3, -0.25) is 0 Å². The zero-order chi connectivity index (χ0) is 10.0. The van der Waals surface area contributed by atoms with E-state index in [4.69, 9.17) is 5.11 Å². The van der Waals surface area contributed by atoms with Gasteiger partial charge in [0.15, 0.2) is 0 Å². The molecule has 0 bridgehead atoms. The number of nitrogens with zero attached hydrogens (tertiary/aromatic N) is 1. The van der Waals surface area contributed by atoms with Crippen LogP contribution in [0.4, 0.5) is 8.78 Å². The molecule has 0 fully saturated rings. The smallest absolute Gasteiger partial charge is 0.337 e. The molecule has 0 unspecified atom stereocenters. The van der Waals surface area contributed by atoms with Gasteiger partial charge in [-0.15, -0.1) is 0 Å². The first-order valence-corrected chi connectivity index (χ1v) is 3.99. The molecule has 0 aliphatic heterocycles. The Hall–Kier alpha value is -1.04. The van der Waals surface area contributed by atoms with Gasteiger partial charge in [-0.05, 0) is 28.1 Å². The Morgan fingerprint density at radius 3 is 2.62 bits per heavy atom. The molecule has 0 amide bonds. The molecule has 1 rings (SSSR count). The van der Waals surface area contributed by atoms with E-state index in [-0.39, 0.29) is 4.60 Å². The van der Waals surface area contributed by atoms with Crippen LogP contribution in [0, 0.1) is 0 Å². The summed E-state index contributed by atoms with van der Waals surface area (Å²) in [5, 5.41) is 8.52. The van der Waals surface area contributed by atoms with Crippen molar-refractivity contribution in [2.75, 3.05) is 0 Å². The lowest BCUT2D eigenvalue weighted by atomic mass is 10.2. The predicted octanol–water partition coefficient (Wildman–Crippen LogP) is 2.48. The van der Waals surface area contributed by atoms with E-state index in [1.807, 2.05) is 0 Å². The fraction of sp³-hybridized carbons (Fsp3) is 0.143. The molecule has 1 aromatic rings. The first-order valence-electron chi connectivity index (χ1n) is 3.20. The molecule has 1 aromatic heterocycles. The van der Waals surface area contributed by atoms with E-state index in [0.29, 0.717) is 0 Å². The number of hydrogen-bond acceptors (Lipinski definition) is 2. The average molecular weight is 252 g/mol. The maximum Gasteiger partial charge on any atom is 0.337 e. The lowest BCUT2D eigenvalue weighted by molar-refractivity contribution is 0.0682. The fourth-order valence-electron chi connectivity index (χ4n) is 0.797. The number of aromatic carboxylic acids is 1. The largest absolute Gasteiger partial charge is 0.478 e. The first kappa shape index (κ1) is 10.0. The van der Waals surface area contributed by atoms with Gasteiger partial charge < -0.3 is 5.11 Å². The van der Waals surface area contributed by atoms with E-state index >= 15 is 0 Å². The lowest BCUT2D eigenvalue weighted by Crippen LogP contribution is -2.05. The second-order valence-corrected chi connectivity index (χ2v) is 2.99. The van der Waals surface area contributed by atoms with E-state index in [2.05, 4.69) is 20.9 Å². The van der Waals surface area contributed by atoms with Crippen molar-refractivity contribution < 1.29 is 18.7 Å². The molecule has 0 spiro atoms. The summed E-state index contributed by atoms with van der Waals surface area (Å²) in [7, 11) is 0. The Kier molecular flexibility index (Phi) is 2.92. The van der Waals surface area contributed by atoms with Crippen LogP contribution in [0.25, 0.3) is 0 Å². The molecular formula is C7H4BrF2NO2. The third-order valence-electron chi connectivity index (χ3n) is 1.33. The molecule has 70 valence electrons. The Bertz CT molecular complexity index is 343. The van der Waals surface area contributed by atoms with Gasteiger partial charge in [0.2, 0.25) is 0 Å². The van der Waals surface area contributed by atoms with E-state index in [9.17, 15) is 13.6 Å². The number of carboxylic acid groups (broad SMARTS) is 1. The molecule has 1 heterocycles. The van der Waals surface area contributed by atoms with Gasteiger partial charge in [0, 0.05) is 0 Å². The number of aromatic nitrogens is 1. The predicted molar refractivity (Wildman–Crippen MR) is 43.9 cm³/mol. The quantitative estimate of drug-likeness (QED) is 0.822. The van der Waals surface area contributed by atoms with E-state index < -0.39 is 23.7 Å². The topological polar surface area (TPSA) is 50.2 Å². The van der Waals surface area contributed by atoms with Crippen LogP contribution >= 0.6 is 15.9 Å². The summed E-state index contributed by atoms with van der Waals surface area (Å²) in [6.07, 6.45) is -2.89. The molecule has 0 aromatic carbocycles. The maximum absolute atomic E-state index is 12.2. The number of rotatable bonds is 2. The van der Waals surface area contributed by atoms with E-state index in [1.54, 1.807) is 0 Å². The number of alkyl halides is 2. The third kappa shape index (κ3) is 2.21. The monoisotopic (exact) mass is 251 g/mol. The van der Waals surface area contributed by atoms with Crippen molar-refractivity contribution in [3.63, 3.8) is 0 Å².